The zero-order valence-corrected chi connectivity index (χ0v) is 21.5. The molecule has 0 amide bonds. The molecule has 6 rings (SSSR count). The smallest absolute Gasteiger partial charge is 0.339 e. The normalized spacial score (nSPS) is 21.2. The van der Waals surface area contributed by atoms with E-state index in [0.29, 0.717) is 23.8 Å². The van der Waals surface area contributed by atoms with E-state index in [1.807, 2.05) is 4.57 Å². The van der Waals surface area contributed by atoms with Gasteiger partial charge in [0.1, 0.15) is 23.6 Å². The molecule has 9 nitrogen and oxygen atoms in total. The Bertz CT molecular complexity index is 1370. The summed E-state index contributed by atoms with van der Waals surface area (Å²) in [5, 5.41) is 15.1. The third-order valence-corrected chi connectivity index (χ3v) is 9.21. The van der Waals surface area contributed by atoms with Crippen molar-refractivity contribution >= 4 is 34.9 Å². The molecule has 0 aliphatic heterocycles. The number of ether oxygens (including phenoxy) is 1. The van der Waals surface area contributed by atoms with Crippen LogP contribution in [0.4, 0.5) is 20.5 Å². The van der Waals surface area contributed by atoms with E-state index >= 15 is 0 Å². The Balaban J connectivity index is 1.26. The molecule has 3 aliphatic carbocycles. The maximum absolute atomic E-state index is 13.1. The molecular formula is C25H28F2N6O3S. The van der Waals surface area contributed by atoms with Crippen LogP contribution >= 0.6 is 11.3 Å². The standard InChI is InChI=1S/C25H28F2N6O3S/c1-3-36-23(35)21-14-8-13(4-5-18(14)37-19(21)10-17(34)15-11-25(15)6-7-25)33-12-28-30-24(33)29-20-9-16(22(26)27)31-32(20)2/h9,12-13,15,22H,3-8,10-11H2,1-2H3,(H,29,30)/t13-,15?/m0/s1. The van der Waals surface area contributed by atoms with Gasteiger partial charge in [-0.3, -0.25) is 14.0 Å². The van der Waals surface area contributed by atoms with Gasteiger partial charge in [0, 0.05) is 41.2 Å². The minimum absolute atomic E-state index is 0.0581. The number of halogens is 2. The Labute approximate surface area is 216 Å². The Morgan fingerprint density at radius 3 is 2.84 bits per heavy atom. The van der Waals surface area contributed by atoms with Crippen molar-refractivity contribution in [3.05, 3.63) is 39.0 Å². The molecule has 0 aromatic carbocycles. The second kappa shape index (κ2) is 9.00. The quantitative estimate of drug-likeness (QED) is 0.404. The fourth-order valence-electron chi connectivity index (χ4n) is 5.65. The van der Waals surface area contributed by atoms with Crippen molar-refractivity contribution in [1.29, 1.82) is 0 Å². The van der Waals surface area contributed by atoms with Gasteiger partial charge in [-0.25, -0.2) is 13.6 Å². The number of nitrogens with one attached hydrogen (secondary N) is 1. The molecule has 3 heterocycles. The predicted octanol–water partition coefficient (Wildman–Crippen LogP) is 4.57. The highest BCUT2D eigenvalue weighted by atomic mass is 32.1. The van der Waals surface area contributed by atoms with E-state index in [0.717, 1.165) is 47.4 Å². The fourth-order valence-corrected chi connectivity index (χ4v) is 7.00. The van der Waals surface area contributed by atoms with Gasteiger partial charge in [0.15, 0.2) is 0 Å². The number of carbonyl (C=O) groups excluding carboxylic acids is 2. The van der Waals surface area contributed by atoms with Crippen LogP contribution in [0.25, 0.3) is 0 Å². The molecule has 2 fully saturated rings. The molecule has 196 valence electrons. The van der Waals surface area contributed by atoms with Crippen molar-refractivity contribution in [3.63, 3.8) is 0 Å². The number of fused-ring (bicyclic) bond motifs is 1. The maximum atomic E-state index is 13.1. The largest absolute Gasteiger partial charge is 0.462 e. The Hall–Kier alpha value is -3.15. The van der Waals surface area contributed by atoms with Gasteiger partial charge in [0.05, 0.1) is 12.2 Å². The van der Waals surface area contributed by atoms with Crippen LogP contribution in [0.15, 0.2) is 12.4 Å². The van der Waals surface area contributed by atoms with E-state index in [-0.39, 0.29) is 47.8 Å². The molecule has 3 aromatic rings. The number of aromatic nitrogens is 5. The summed E-state index contributed by atoms with van der Waals surface area (Å²) in [6, 6.07) is 1.23. The van der Waals surface area contributed by atoms with Gasteiger partial charge in [-0.05, 0) is 56.4 Å². The molecule has 0 radical (unpaired) electrons. The Morgan fingerprint density at radius 1 is 1.35 bits per heavy atom. The summed E-state index contributed by atoms with van der Waals surface area (Å²) in [6.45, 7) is 2.04. The van der Waals surface area contributed by atoms with Crippen LogP contribution in [-0.4, -0.2) is 42.9 Å². The first-order valence-corrected chi connectivity index (χ1v) is 13.4. The summed E-state index contributed by atoms with van der Waals surface area (Å²) in [6.07, 6.45) is 4.59. The number of esters is 1. The van der Waals surface area contributed by atoms with Crippen molar-refractivity contribution in [3.8, 4) is 0 Å². The molecule has 3 aromatic heterocycles. The third-order valence-electron chi connectivity index (χ3n) is 7.92. The summed E-state index contributed by atoms with van der Waals surface area (Å²) in [5.41, 5.74) is 1.43. The van der Waals surface area contributed by atoms with Gasteiger partial charge in [0.2, 0.25) is 5.95 Å². The van der Waals surface area contributed by atoms with Gasteiger partial charge >= 0.3 is 5.97 Å². The molecule has 1 N–H and O–H groups in total. The van der Waals surface area contributed by atoms with Crippen LogP contribution in [0.5, 0.6) is 0 Å². The SMILES string of the molecule is CCOC(=O)c1c(CC(=O)C2CC23CC3)sc2c1C[C@@H](n1cnnc1Nc1cc(C(F)F)nn1C)CC2. The van der Waals surface area contributed by atoms with E-state index in [1.54, 1.807) is 31.6 Å². The lowest BCUT2D eigenvalue weighted by Crippen LogP contribution is -2.21. The number of anilines is 2. The van der Waals surface area contributed by atoms with Crippen LogP contribution in [0.1, 0.15) is 76.4 Å². The lowest BCUT2D eigenvalue weighted by Gasteiger charge is -2.25. The monoisotopic (exact) mass is 530 g/mol. The van der Waals surface area contributed by atoms with Gasteiger partial charge in [-0.2, -0.15) is 5.10 Å². The first-order valence-electron chi connectivity index (χ1n) is 12.6. The van der Waals surface area contributed by atoms with Crippen molar-refractivity contribution in [2.45, 2.75) is 64.3 Å². The Morgan fingerprint density at radius 2 is 2.16 bits per heavy atom. The molecule has 2 atom stereocenters. The summed E-state index contributed by atoms with van der Waals surface area (Å²) in [4.78, 5) is 28.0. The van der Waals surface area contributed by atoms with Gasteiger partial charge < -0.3 is 10.1 Å². The number of alkyl halides is 2. The molecule has 12 heteroatoms. The summed E-state index contributed by atoms with van der Waals surface area (Å²) >= 11 is 1.56. The van der Waals surface area contributed by atoms with Crippen LogP contribution < -0.4 is 5.32 Å². The molecule has 1 unspecified atom stereocenters. The molecule has 0 saturated heterocycles. The number of hydrogen-bond donors (Lipinski definition) is 1. The van der Waals surface area contributed by atoms with Gasteiger partial charge in [-0.15, -0.1) is 21.5 Å². The van der Waals surface area contributed by atoms with Crippen molar-refractivity contribution in [2.75, 3.05) is 11.9 Å². The number of ketones is 1. The highest BCUT2D eigenvalue weighted by Gasteiger charge is 2.65. The minimum Gasteiger partial charge on any atom is -0.462 e. The number of aryl methyl sites for hydroxylation is 2. The van der Waals surface area contributed by atoms with Crippen LogP contribution in [0, 0.1) is 11.3 Å². The Kier molecular flexibility index (Phi) is 5.89. The average molecular weight is 531 g/mol. The maximum Gasteiger partial charge on any atom is 0.339 e. The second-order valence-electron chi connectivity index (χ2n) is 10.2. The molecule has 0 bridgehead atoms. The lowest BCUT2D eigenvalue weighted by atomic mass is 9.90. The predicted molar refractivity (Wildman–Crippen MR) is 131 cm³/mol. The number of Topliss-reactive ketones (excluding diaryl/α,β-unsaturated/α-hetero) is 1. The van der Waals surface area contributed by atoms with Gasteiger partial charge in [0.25, 0.3) is 6.43 Å². The fraction of sp³-hybridized carbons (Fsp3) is 0.560. The average Bonchev–Trinajstić information content (AvgIpc) is 3.62. The minimum atomic E-state index is -2.67. The van der Waals surface area contributed by atoms with Crippen molar-refractivity contribution in [1.82, 2.24) is 24.5 Å². The van der Waals surface area contributed by atoms with E-state index in [1.165, 1.54) is 10.7 Å². The van der Waals surface area contributed by atoms with E-state index < -0.39 is 6.43 Å². The van der Waals surface area contributed by atoms with Crippen molar-refractivity contribution < 1.29 is 23.1 Å². The summed E-state index contributed by atoms with van der Waals surface area (Å²) in [5.74, 6) is 0.791. The van der Waals surface area contributed by atoms with E-state index in [9.17, 15) is 18.4 Å². The first kappa shape index (κ1) is 24.2. The van der Waals surface area contributed by atoms with Crippen LogP contribution in [0.3, 0.4) is 0 Å². The third kappa shape index (κ3) is 4.34. The molecular weight excluding hydrogens is 502 g/mol. The number of carbonyl (C=O) groups is 2. The van der Waals surface area contributed by atoms with Crippen LogP contribution in [0.2, 0.25) is 0 Å². The molecule has 1 spiro atoms. The van der Waals surface area contributed by atoms with E-state index in [4.69, 9.17) is 4.74 Å². The zero-order chi connectivity index (χ0) is 25.9. The zero-order valence-electron chi connectivity index (χ0n) is 20.7. The molecule has 2 saturated carbocycles. The highest BCUT2D eigenvalue weighted by Crippen LogP contribution is 2.71. The van der Waals surface area contributed by atoms with Gasteiger partial charge in [-0.1, -0.05) is 0 Å². The topological polar surface area (TPSA) is 104 Å². The molecule has 3 aliphatic rings. The number of thiophene rings is 1. The summed E-state index contributed by atoms with van der Waals surface area (Å²) < 4.78 is 34.8. The number of nitrogens with zero attached hydrogens (tertiary/aromatic N) is 5. The van der Waals surface area contributed by atoms with Crippen LogP contribution in [-0.2, 0) is 35.8 Å². The second-order valence-corrected chi connectivity index (χ2v) is 11.4. The van der Waals surface area contributed by atoms with E-state index in [2.05, 4.69) is 20.6 Å². The lowest BCUT2D eigenvalue weighted by molar-refractivity contribution is -0.119. The highest BCUT2D eigenvalue weighted by molar-refractivity contribution is 7.12. The summed E-state index contributed by atoms with van der Waals surface area (Å²) in [7, 11) is 1.58. The number of hydrogen-bond acceptors (Lipinski definition) is 8. The van der Waals surface area contributed by atoms with Crippen molar-refractivity contribution in [2.24, 2.45) is 18.4 Å². The first-order chi connectivity index (χ1) is 17.8. The number of rotatable bonds is 9. The molecule has 37 heavy (non-hydrogen) atoms.